The number of nitrogens with zero attached hydrogens (tertiary/aromatic N) is 2. The summed E-state index contributed by atoms with van der Waals surface area (Å²) in [4.78, 5) is 82.9. The van der Waals surface area contributed by atoms with Gasteiger partial charge in [0.2, 0.25) is 35.4 Å². The Morgan fingerprint density at radius 1 is 0.889 bits per heavy atom. The van der Waals surface area contributed by atoms with Crippen molar-refractivity contribution in [2.75, 3.05) is 20.1 Å². The molecule has 0 unspecified atom stereocenters. The van der Waals surface area contributed by atoms with E-state index in [2.05, 4.69) is 21.3 Å². The molecule has 5 atom stereocenters. The molecule has 1 aliphatic rings. The van der Waals surface area contributed by atoms with Crippen molar-refractivity contribution in [2.24, 2.45) is 11.8 Å². The molecule has 2 rings (SSSR count). The van der Waals surface area contributed by atoms with Crippen molar-refractivity contribution < 1.29 is 28.8 Å². The molecule has 6 amide bonds. The zero-order valence-corrected chi connectivity index (χ0v) is 28.0. The van der Waals surface area contributed by atoms with Crippen LogP contribution in [0.3, 0.4) is 0 Å². The van der Waals surface area contributed by atoms with Gasteiger partial charge in [0.25, 0.3) is 0 Å². The zero-order chi connectivity index (χ0) is 33.8. The molecular weight excluding hydrogens is 576 g/mol. The highest BCUT2D eigenvalue weighted by molar-refractivity contribution is 5.95. The summed E-state index contributed by atoms with van der Waals surface area (Å²) in [6.45, 7) is 12.1. The maximum Gasteiger partial charge on any atom is 0.245 e. The van der Waals surface area contributed by atoms with Crippen LogP contribution in [-0.4, -0.2) is 95.6 Å². The summed E-state index contributed by atoms with van der Waals surface area (Å²) < 4.78 is 0. The number of likely N-dealkylation sites (N-methyl/N-ethyl adjacent to an activating group) is 1. The van der Waals surface area contributed by atoms with E-state index in [-0.39, 0.29) is 37.3 Å². The molecule has 0 aliphatic carbocycles. The predicted octanol–water partition coefficient (Wildman–Crippen LogP) is 1.38. The third-order valence-corrected chi connectivity index (χ3v) is 7.91. The lowest BCUT2D eigenvalue weighted by molar-refractivity contribution is -0.143. The summed E-state index contributed by atoms with van der Waals surface area (Å²) in [6, 6.07) is 5.04. The van der Waals surface area contributed by atoms with Gasteiger partial charge in [0.05, 0.1) is 12.6 Å². The minimum Gasteiger partial charge on any atom is -0.349 e. The van der Waals surface area contributed by atoms with Crippen molar-refractivity contribution in [1.29, 1.82) is 0 Å². The minimum atomic E-state index is -0.996. The van der Waals surface area contributed by atoms with Crippen molar-refractivity contribution in [2.45, 2.75) is 104 Å². The van der Waals surface area contributed by atoms with E-state index >= 15 is 0 Å². The average molecular weight is 629 g/mol. The van der Waals surface area contributed by atoms with Gasteiger partial charge < -0.3 is 31.1 Å². The highest BCUT2D eigenvalue weighted by Crippen LogP contribution is 2.13. The first-order chi connectivity index (χ1) is 21.1. The van der Waals surface area contributed by atoms with E-state index in [0.717, 1.165) is 5.56 Å². The molecule has 1 aliphatic heterocycles. The number of rotatable bonds is 7. The molecule has 1 aromatic carbocycles. The monoisotopic (exact) mass is 628 g/mol. The second-order valence-electron chi connectivity index (χ2n) is 12.8. The molecule has 0 aromatic heterocycles. The van der Waals surface area contributed by atoms with Gasteiger partial charge in [0.15, 0.2) is 0 Å². The summed E-state index contributed by atoms with van der Waals surface area (Å²) in [5.74, 6) is -3.06. The number of nitrogens with one attached hydrogen (secondary N) is 4. The fourth-order valence-electron chi connectivity index (χ4n) is 5.17. The predicted molar refractivity (Wildman–Crippen MR) is 172 cm³/mol. The normalized spacial score (nSPS) is 24.8. The lowest BCUT2D eigenvalue weighted by atomic mass is 10.00. The van der Waals surface area contributed by atoms with Crippen molar-refractivity contribution in [3.63, 3.8) is 0 Å². The van der Waals surface area contributed by atoms with E-state index in [1.807, 2.05) is 51.1 Å². The van der Waals surface area contributed by atoms with Crippen molar-refractivity contribution >= 4 is 35.4 Å². The van der Waals surface area contributed by atoms with Crippen LogP contribution in [0.2, 0.25) is 0 Å². The third kappa shape index (κ3) is 11.5. The third-order valence-electron chi connectivity index (χ3n) is 7.91. The van der Waals surface area contributed by atoms with Gasteiger partial charge in [-0.1, -0.05) is 65.0 Å². The molecule has 12 heteroatoms. The van der Waals surface area contributed by atoms with Gasteiger partial charge in [0.1, 0.15) is 24.2 Å². The lowest BCUT2D eigenvalue weighted by Crippen LogP contribution is -2.60. The molecule has 0 bridgehead atoms. The van der Waals surface area contributed by atoms with E-state index in [0.29, 0.717) is 19.3 Å². The second kappa shape index (κ2) is 17.5. The Balaban J connectivity index is 2.56. The van der Waals surface area contributed by atoms with E-state index in [4.69, 9.17) is 0 Å². The summed E-state index contributed by atoms with van der Waals surface area (Å²) in [7, 11) is 1.47. The van der Waals surface area contributed by atoms with Gasteiger partial charge >= 0.3 is 0 Å². The van der Waals surface area contributed by atoms with Gasteiger partial charge in [-0.15, -0.1) is 0 Å². The molecule has 1 aromatic rings. The summed E-state index contributed by atoms with van der Waals surface area (Å²) in [6.07, 6.45) is 1.44. The van der Waals surface area contributed by atoms with Crippen LogP contribution in [0.1, 0.15) is 73.3 Å². The van der Waals surface area contributed by atoms with Crippen molar-refractivity contribution in [3.8, 4) is 0 Å². The van der Waals surface area contributed by atoms with Crippen molar-refractivity contribution in [3.05, 3.63) is 35.9 Å². The highest BCUT2D eigenvalue weighted by atomic mass is 16.2. The lowest BCUT2D eigenvalue weighted by Gasteiger charge is -2.33. The van der Waals surface area contributed by atoms with Crippen LogP contribution < -0.4 is 21.3 Å². The molecule has 0 spiro atoms. The first-order valence-electron chi connectivity index (χ1n) is 15.9. The number of amides is 6. The molecule has 12 nitrogen and oxygen atoms in total. The molecule has 0 radical (unpaired) electrons. The Morgan fingerprint density at radius 3 is 2.11 bits per heavy atom. The van der Waals surface area contributed by atoms with Gasteiger partial charge in [-0.3, -0.25) is 28.8 Å². The van der Waals surface area contributed by atoms with E-state index in [9.17, 15) is 28.8 Å². The maximum absolute atomic E-state index is 13.7. The van der Waals surface area contributed by atoms with Crippen LogP contribution in [0, 0.1) is 11.8 Å². The average Bonchev–Trinajstić information content (AvgIpc) is 2.97. The number of carbonyl (C=O) groups excluding carboxylic acids is 6. The number of carbonyl (C=O) groups is 6. The molecule has 45 heavy (non-hydrogen) atoms. The van der Waals surface area contributed by atoms with Crippen LogP contribution in [0.15, 0.2) is 30.3 Å². The largest absolute Gasteiger partial charge is 0.349 e. The Labute approximate surface area is 267 Å². The molecular formula is C33H52N6O6. The van der Waals surface area contributed by atoms with Crippen LogP contribution in [0.4, 0.5) is 0 Å². The number of hydrogen-bond acceptors (Lipinski definition) is 6. The Kier molecular flexibility index (Phi) is 14.5. The van der Waals surface area contributed by atoms with E-state index in [1.165, 1.54) is 30.7 Å². The fourth-order valence-corrected chi connectivity index (χ4v) is 5.17. The Hall–Kier alpha value is -3.96. The first kappa shape index (κ1) is 37.2. The van der Waals surface area contributed by atoms with Gasteiger partial charge in [-0.05, 0) is 50.5 Å². The Bertz CT molecular complexity index is 1190. The van der Waals surface area contributed by atoms with E-state index < -0.39 is 59.7 Å². The quantitative estimate of drug-likeness (QED) is 0.358. The zero-order valence-electron chi connectivity index (χ0n) is 28.0. The SMILES string of the molecule is CCCC(=O)N1CC(=O)N[C@@H](CC(C)C)C(=O)N(C)[C@@H](C)C(=O)N[C@H](C)C(=O)N[C@@H](C(C)C)C(=O)N[C@@H](Cc2ccccc2)C1. The molecule has 0 saturated carbocycles. The number of hydrogen-bond donors (Lipinski definition) is 4. The number of benzene rings is 1. The van der Waals surface area contributed by atoms with Gasteiger partial charge in [-0.25, -0.2) is 0 Å². The van der Waals surface area contributed by atoms with Crippen LogP contribution in [-0.2, 0) is 35.2 Å². The van der Waals surface area contributed by atoms with Crippen molar-refractivity contribution in [1.82, 2.24) is 31.1 Å². The molecule has 4 N–H and O–H groups in total. The highest BCUT2D eigenvalue weighted by Gasteiger charge is 2.34. The molecule has 1 fully saturated rings. The standard InChI is InChI=1S/C33H52N6O6/c1-9-13-28(41)39-18-25(17-24-14-11-10-12-15-24)35-32(44)29(21(4)5)37-30(42)22(6)34-31(43)23(7)38(8)33(45)26(16-20(2)3)36-27(40)19-39/h10-12,14-15,20-23,25-26,29H,9,13,16-19H2,1-8H3,(H,34,43)(H,35,44)(H,36,40)(H,37,42)/t22-,23+,25+,26+,29+/m1/s1. The maximum atomic E-state index is 13.7. The van der Waals surface area contributed by atoms with Crippen LogP contribution >= 0.6 is 0 Å². The summed E-state index contributed by atoms with van der Waals surface area (Å²) in [5, 5.41) is 11.2. The fraction of sp³-hybridized carbons (Fsp3) is 0.636. The van der Waals surface area contributed by atoms with Crippen LogP contribution in [0.5, 0.6) is 0 Å². The molecule has 1 saturated heterocycles. The Morgan fingerprint density at radius 2 is 1.53 bits per heavy atom. The first-order valence-corrected chi connectivity index (χ1v) is 15.9. The topological polar surface area (TPSA) is 157 Å². The smallest absolute Gasteiger partial charge is 0.245 e. The summed E-state index contributed by atoms with van der Waals surface area (Å²) >= 11 is 0. The molecule has 250 valence electrons. The van der Waals surface area contributed by atoms with Gasteiger partial charge in [-0.2, -0.15) is 0 Å². The van der Waals surface area contributed by atoms with Crippen LogP contribution in [0.25, 0.3) is 0 Å². The molecule has 1 heterocycles. The van der Waals surface area contributed by atoms with Gasteiger partial charge in [0, 0.05) is 20.0 Å². The summed E-state index contributed by atoms with van der Waals surface area (Å²) in [5.41, 5.74) is 0.915. The second-order valence-corrected chi connectivity index (χ2v) is 12.8. The van der Waals surface area contributed by atoms with E-state index in [1.54, 1.807) is 13.8 Å². The minimum absolute atomic E-state index is 0.0375.